The van der Waals surface area contributed by atoms with Gasteiger partial charge in [-0.25, -0.2) is 0 Å². The largest absolute Gasteiger partial charge is 0.508 e. The number of phenolic OH excluding ortho intramolecular Hbond substituents is 2. The molecule has 0 heterocycles. The first-order chi connectivity index (χ1) is 8.82. The molecule has 19 heavy (non-hydrogen) atoms. The molecule has 0 saturated carbocycles. The molecule has 0 saturated heterocycles. The van der Waals surface area contributed by atoms with E-state index in [1.165, 1.54) is 0 Å². The minimum absolute atomic E-state index is 0.261. The Bertz CT molecular complexity index is 559. The fourth-order valence-corrected chi connectivity index (χ4v) is 2.45. The number of benzene rings is 2. The van der Waals surface area contributed by atoms with Crippen LogP contribution in [-0.4, -0.2) is 10.2 Å². The van der Waals surface area contributed by atoms with Crippen LogP contribution in [0.5, 0.6) is 11.5 Å². The van der Waals surface area contributed by atoms with Crippen LogP contribution in [0.2, 0.25) is 0 Å². The van der Waals surface area contributed by atoms with Crippen molar-refractivity contribution in [3.05, 3.63) is 58.7 Å². The van der Waals surface area contributed by atoms with Gasteiger partial charge >= 0.3 is 0 Å². The van der Waals surface area contributed by atoms with E-state index in [0.717, 1.165) is 22.3 Å². The van der Waals surface area contributed by atoms with Crippen LogP contribution < -0.4 is 0 Å². The molecule has 0 amide bonds. The van der Waals surface area contributed by atoms with E-state index in [1.807, 2.05) is 52.0 Å². The lowest BCUT2D eigenvalue weighted by Crippen LogP contribution is -2.19. The predicted molar refractivity (Wildman–Crippen MR) is 77.8 cm³/mol. The summed E-state index contributed by atoms with van der Waals surface area (Å²) in [7, 11) is 0. The Hall–Kier alpha value is -1.96. The normalized spacial score (nSPS) is 11.6. The van der Waals surface area contributed by atoms with Crippen molar-refractivity contribution in [2.24, 2.45) is 0 Å². The SMILES string of the molecule is Cc1ccc(O)c(C(C)(C)c2cc(C)ccc2O)c1. The molecule has 0 fully saturated rings. The first-order valence-electron chi connectivity index (χ1n) is 6.42. The average Bonchev–Trinajstić information content (AvgIpc) is 2.35. The molecule has 2 nitrogen and oxygen atoms in total. The summed E-state index contributed by atoms with van der Waals surface area (Å²) in [5, 5.41) is 20.2. The summed E-state index contributed by atoms with van der Waals surface area (Å²) >= 11 is 0. The minimum atomic E-state index is -0.452. The smallest absolute Gasteiger partial charge is 0.119 e. The lowest BCUT2D eigenvalue weighted by molar-refractivity contribution is 0.435. The molecule has 2 aromatic rings. The van der Waals surface area contributed by atoms with Crippen molar-refractivity contribution in [1.29, 1.82) is 0 Å². The van der Waals surface area contributed by atoms with E-state index in [0.29, 0.717) is 0 Å². The highest BCUT2D eigenvalue weighted by Gasteiger charge is 2.29. The van der Waals surface area contributed by atoms with E-state index in [2.05, 4.69) is 0 Å². The molecular weight excluding hydrogens is 236 g/mol. The highest BCUT2D eigenvalue weighted by Crippen LogP contribution is 2.41. The fourth-order valence-electron chi connectivity index (χ4n) is 2.45. The van der Waals surface area contributed by atoms with Gasteiger partial charge in [0.05, 0.1) is 0 Å². The van der Waals surface area contributed by atoms with Gasteiger partial charge in [0.25, 0.3) is 0 Å². The Kier molecular flexibility index (Phi) is 3.27. The molecule has 0 unspecified atom stereocenters. The molecule has 0 aromatic heterocycles. The molecular formula is C17H20O2. The maximum Gasteiger partial charge on any atom is 0.119 e. The molecule has 0 radical (unpaired) electrons. The van der Waals surface area contributed by atoms with Crippen LogP contribution in [0.4, 0.5) is 0 Å². The Labute approximate surface area is 114 Å². The monoisotopic (exact) mass is 256 g/mol. The fraction of sp³-hybridized carbons (Fsp3) is 0.294. The number of aromatic hydroxyl groups is 2. The Morgan fingerprint density at radius 3 is 1.47 bits per heavy atom. The van der Waals surface area contributed by atoms with Crippen molar-refractivity contribution in [3.8, 4) is 11.5 Å². The highest BCUT2D eigenvalue weighted by molar-refractivity contribution is 5.51. The maximum atomic E-state index is 10.1. The molecule has 0 spiro atoms. The van der Waals surface area contributed by atoms with E-state index < -0.39 is 5.41 Å². The first kappa shape index (κ1) is 13.5. The standard InChI is InChI=1S/C17H20O2/c1-11-5-7-15(18)13(9-11)17(3,4)14-10-12(2)6-8-16(14)19/h5-10,18-19H,1-4H3. The van der Waals surface area contributed by atoms with E-state index >= 15 is 0 Å². The molecule has 2 heteroatoms. The number of aryl methyl sites for hydroxylation is 2. The van der Waals surface area contributed by atoms with Gasteiger partial charge in [0.1, 0.15) is 11.5 Å². The molecule has 0 aliphatic rings. The van der Waals surface area contributed by atoms with E-state index in [9.17, 15) is 10.2 Å². The lowest BCUT2D eigenvalue weighted by Gasteiger charge is -2.28. The summed E-state index contributed by atoms with van der Waals surface area (Å²) in [6, 6.07) is 11.1. The maximum absolute atomic E-state index is 10.1. The second kappa shape index (κ2) is 4.61. The molecule has 0 bridgehead atoms. The third-order valence-electron chi connectivity index (χ3n) is 3.65. The summed E-state index contributed by atoms with van der Waals surface area (Å²) in [6.45, 7) is 8.01. The summed E-state index contributed by atoms with van der Waals surface area (Å²) < 4.78 is 0. The van der Waals surface area contributed by atoms with Gasteiger partial charge < -0.3 is 10.2 Å². The van der Waals surface area contributed by atoms with E-state index in [4.69, 9.17) is 0 Å². The predicted octanol–water partition coefficient (Wildman–Crippen LogP) is 4.04. The number of rotatable bonds is 2. The van der Waals surface area contributed by atoms with Crippen LogP contribution in [-0.2, 0) is 5.41 Å². The quantitative estimate of drug-likeness (QED) is 0.851. The van der Waals surface area contributed by atoms with Crippen LogP contribution in [0.1, 0.15) is 36.1 Å². The summed E-state index contributed by atoms with van der Waals surface area (Å²) in [5.41, 5.74) is 3.38. The Balaban J connectivity index is 2.64. The molecule has 2 rings (SSSR count). The summed E-state index contributed by atoms with van der Waals surface area (Å²) in [6.07, 6.45) is 0. The van der Waals surface area contributed by atoms with Gasteiger partial charge in [0, 0.05) is 16.5 Å². The van der Waals surface area contributed by atoms with Gasteiger partial charge in [0.15, 0.2) is 0 Å². The molecule has 100 valence electrons. The first-order valence-corrected chi connectivity index (χ1v) is 6.42. The third-order valence-corrected chi connectivity index (χ3v) is 3.65. The Morgan fingerprint density at radius 2 is 1.11 bits per heavy atom. The van der Waals surface area contributed by atoms with Crippen LogP contribution in [0.25, 0.3) is 0 Å². The van der Waals surface area contributed by atoms with Crippen molar-refractivity contribution in [3.63, 3.8) is 0 Å². The van der Waals surface area contributed by atoms with Gasteiger partial charge in [-0.15, -0.1) is 0 Å². The van der Waals surface area contributed by atoms with Crippen LogP contribution >= 0.6 is 0 Å². The molecule has 0 aliphatic carbocycles. The summed E-state index contributed by atoms with van der Waals surface area (Å²) in [4.78, 5) is 0. The van der Waals surface area contributed by atoms with E-state index in [1.54, 1.807) is 12.1 Å². The van der Waals surface area contributed by atoms with Gasteiger partial charge in [-0.05, 0) is 26.0 Å². The van der Waals surface area contributed by atoms with Crippen LogP contribution in [0, 0.1) is 13.8 Å². The van der Waals surface area contributed by atoms with Crippen molar-refractivity contribution in [1.82, 2.24) is 0 Å². The van der Waals surface area contributed by atoms with Crippen LogP contribution in [0.15, 0.2) is 36.4 Å². The number of hydrogen-bond acceptors (Lipinski definition) is 2. The summed E-state index contributed by atoms with van der Waals surface area (Å²) in [5.74, 6) is 0.521. The highest BCUT2D eigenvalue weighted by atomic mass is 16.3. The zero-order valence-electron chi connectivity index (χ0n) is 11.9. The average molecular weight is 256 g/mol. The third kappa shape index (κ3) is 2.43. The van der Waals surface area contributed by atoms with Crippen molar-refractivity contribution < 1.29 is 10.2 Å². The van der Waals surface area contributed by atoms with Gasteiger partial charge in [-0.2, -0.15) is 0 Å². The zero-order valence-corrected chi connectivity index (χ0v) is 11.9. The van der Waals surface area contributed by atoms with Crippen molar-refractivity contribution in [2.45, 2.75) is 33.1 Å². The number of phenols is 2. The molecule has 0 aliphatic heterocycles. The topological polar surface area (TPSA) is 40.5 Å². The number of hydrogen-bond donors (Lipinski definition) is 2. The van der Waals surface area contributed by atoms with Crippen LogP contribution in [0.3, 0.4) is 0 Å². The lowest BCUT2D eigenvalue weighted by atomic mass is 9.76. The molecule has 0 atom stereocenters. The van der Waals surface area contributed by atoms with E-state index in [-0.39, 0.29) is 11.5 Å². The van der Waals surface area contributed by atoms with Gasteiger partial charge in [-0.3, -0.25) is 0 Å². The van der Waals surface area contributed by atoms with Gasteiger partial charge in [-0.1, -0.05) is 49.2 Å². The van der Waals surface area contributed by atoms with Crippen molar-refractivity contribution >= 4 is 0 Å². The minimum Gasteiger partial charge on any atom is -0.508 e. The molecule has 2 N–H and O–H groups in total. The van der Waals surface area contributed by atoms with Gasteiger partial charge in [0.2, 0.25) is 0 Å². The zero-order chi connectivity index (χ0) is 14.2. The second-order valence-corrected chi connectivity index (χ2v) is 5.67. The van der Waals surface area contributed by atoms with Crippen molar-refractivity contribution in [2.75, 3.05) is 0 Å². The second-order valence-electron chi connectivity index (χ2n) is 5.67. The molecule has 2 aromatic carbocycles. The Morgan fingerprint density at radius 1 is 0.737 bits per heavy atom.